The Morgan fingerprint density at radius 3 is 1.06 bits per heavy atom. The van der Waals surface area contributed by atoms with Crippen LogP contribution < -0.4 is 0 Å². The maximum Gasteiger partial charge on any atom is 0.164 e. The summed E-state index contributed by atoms with van der Waals surface area (Å²) in [7, 11) is 0. The Bertz CT molecular complexity index is 2670. The first-order chi connectivity index (χ1) is 26.8. The van der Waals surface area contributed by atoms with E-state index in [1.165, 1.54) is 16.7 Å². The van der Waals surface area contributed by atoms with E-state index in [9.17, 15) is 0 Å². The molecule has 3 heteroatoms. The summed E-state index contributed by atoms with van der Waals surface area (Å²) in [6.07, 6.45) is 0. The Morgan fingerprint density at radius 2 is 0.519 bits per heavy atom. The molecule has 0 aliphatic carbocycles. The highest BCUT2D eigenvalue weighted by atomic mass is 15.0. The third-order valence-electron chi connectivity index (χ3n) is 9.78. The molecule has 0 N–H and O–H groups in total. The average Bonchev–Trinajstić information content (AvgIpc) is 3.27. The molecule has 0 fully saturated rings. The van der Waals surface area contributed by atoms with Gasteiger partial charge in [-0.05, 0) is 67.8 Å². The lowest BCUT2D eigenvalue weighted by Crippen LogP contribution is -2.01. The molecule has 0 saturated heterocycles. The van der Waals surface area contributed by atoms with E-state index in [1.807, 2.05) is 6.07 Å². The fourth-order valence-corrected chi connectivity index (χ4v) is 7.04. The summed E-state index contributed by atoms with van der Waals surface area (Å²) in [5.41, 5.74) is 14.3. The Morgan fingerprint density at radius 1 is 0.185 bits per heavy atom. The molecule has 0 atom stereocenters. The topological polar surface area (TPSA) is 38.7 Å². The highest BCUT2D eigenvalue weighted by Crippen LogP contribution is 2.37. The number of aromatic nitrogens is 3. The second-order valence-electron chi connectivity index (χ2n) is 13.2. The molecule has 54 heavy (non-hydrogen) atoms. The molecule has 3 nitrogen and oxygen atoms in total. The van der Waals surface area contributed by atoms with E-state index < -0.39 is 0 Å². The predicted molar refractivity (Wildman–Crippen MR) is 223 cm³/mol. The van der Waals surface area contributed by atoms with Crippen LogP contribution in [0.25, 0.3) is 89.8 Å². The van der Waals surface area contributed by atoms with Crippen molar-refractivity contribution in [2.24, 2.45) is 0 Å². The minimum absolute atomic E-state index is 0.621. The van der Waals surface area contributed by atoms with Gasteiger partial charge in [0.25, 0.3) is 0 Å². The zero-order valence-corrected chi connectivity index (χ0v) is 29.5. The standard InChI is InChI=1S/C51H35N3/c1-5-16-36(17-6-1)42-24-15-25-43(34-42)50-52-49(41-30-28-40(29-31-41)46-27-14-13-26-45(46)37-18-7-2-8-19-37)53-51(54-50)44-32-33-47(38-20-9-3-10-21-38)48(35-44)39-22-11-4-12-23-39/h1-35H. The third kappa shape index (κ3) is 6.74. The van der Waals surface area contributed by atoms with Crippen LogP contribution in [0, 0.1) is 0 Å². The summed E-state index contributed by atoms with van der Waals surface area (Å²) in [5.74, 6) is 1.87. The van der Waals surface area contributed by atoms with Crippen molar-refractivity contribution in [3.63, 3.8) is 0 Å². The molecule has 254 valence electrons. The molecule has 0 bridgehead atoms. The van der Waals surface area contributed by atoms with Gasteiger partial charge in [-0.25, -0.2) is 15.0 Å². The van der Waals surface area contributed by atoms with Crippen molar-refractivity contribution in [3.05, 3.63) is 212 Å². The number of nitrogens with zero attached hydrogens (tertiary/aromatic N) is 3. The van der Waals surface area contributed by atoms with Crippen molar-refractivity contribution >= 4 is 0 Å². The summed E-state index contributed by atoms with van der Waals surface area (Å²) in [5, 5.41) is 0. The first-order valence-corrected chi connectivity index (χ1v) is 18.2. The smallest absolute Gasteiger partial charge is 0.164 e. The van der Waals surface area contributed by atoms with Gasteiger partial charge < -0.3 is 0 Å². The van der Waals surface area contributed by atoms with Gasteiger partial charge >= 0.3 is 0 Å². The molecule has 8 aromatic carbocycles. The molecule has 0 spiro atoms. The maximum atomic E-state index is 5.16. The summed E-state index contributed by atoms with van der Waals surface area (Å²) >= 11 is 0. The highest BCUT2D eigenvalue weighted by Gasteiger charge is 2.16. The van der Waals surface area contributed by atoms with E-state index in [0.717, 1.165) is 55.6 Å². The third-order valence-corrected chi connectivity index (χ3v) is 9.78. The van der Waals surface area contributed by atoms with Crippen LogP contribution in [0.2, 0.25) is 0 Å². The molecule has 1 aromatic heterocycles. The lowest BCUT2D eigenvalue weighted by atomic mass is 9.92. The lowest BCUT2D eigenvalue weighted by Gasteiger charge is -2.14. The normalized spacial score (nSPS) is 11.0. The molecule has 9 rings (SSSR count). The summed E-state index contributed by atoms with van der Waals surface area (Å²) in [6, 6.07) is 74.1. The molecule has 9 aromatic rings. The van der Waals surface area contributed by atoms with Gasteiger partial charge in [-0.2, -0.15) is 0 Å². The van der Waals surface area contributed by atoms with Crippen LogP contribution in [-0.4, -0.2) is 15.0 Å². The molecular formula is C51H35N3. The van der Waals surface area contributed by atoms with Crippen molar-refractivity contribution in [2.75, 3.05) is 0 Å². The van der Waals surface area contributed by atoms with Crippen LogP contribution in [-0.2, 0) is 0 Å². The minimum Gasteiger partial charge on any atom is -0.208 e. The quantitative estimate of drug-likeness (QED) is 0.159. The molecule has 1 heterocycles. The van der Waals surface area contributed by atoms with Gasteiger partial charge in [0.1, 0.15) is 0 Å². The fraction of sp³-hybridized carbons (Fsp3) is 0. The minimum atomic E-state index is 0.621. The maximum absolute atomic E-state index is 5.16. The van der Waals surface area contributed by atoms with Crippen LogP contribution in [0.5, 0.6) is 0 Å². The SMILES string of the molecule is c1ccc(-c2cccc(-c3nc(-c4ccc(-c5ccccc5-c5ccccc5)cc4)nc(-c4ccc(-c5ccccc5)c(-c5ccccc5)c4)n3)c2)cc1. The number of hydrogen-bond donors (Lipinski definition) is 0. The lowest BCUT2D eigenvalue weighted by molar-refractivity contribution is 1.07. The van der Waals surface area contributed by atoms with Crippen LogP contribution in [0.15, 0.2) is 212 Å². The molecule has 0 saturated carbocycles. The van der Waals surface area contributed by atoms with Crippen LogP contribution >= 0.6 is 0 Å². The number of rotatable bonds is 8. The molecule has 0 radical (unpaired) electrons. The van der Waals surface area contributed by atoms with Crippen molar-refractivity contribution in [1.29, 1.82) is 0 Å². The number of benzene rings is 8. The molecule has 0 unspecified atom stereocenters. The fourth-order valence-electron chi connectivity index (χ4n) is 7.04. The van der Waals surface area contributed by atoms with Crippen molar-refractivity contribution in [3.8, 4) is 89.8 Å². The van der Waals surface area contributed by atoms with E-state index in [1.54, 1.807) is 0 Å². The second kappa shape index (κ2) is 14.8. The molecule has 0 amide bonds. The van der Waals surface area contributed by atoms with E-state index in [4.69, 9.17) is 15.0 Å². The monoisotopic (exact) mass is 689 g/mol. The van der Waals surface area contributed by atoms with Crippen molar-refractivity contribution < 1.29 is 0 Å². The van der Waals surface area contributed by atoms with Gasteiger partial charge in [-0.3, -0.25) is 0 Å². The van der Waals surface area contributed by atoms with Crippen molar-refractivity contribution in [2.45, 2.75) is 0 Å². The summed E-state index contributed by atoms with van der Waals surface area (Å²) in [6.45, 7) is 0. The van der Waals surface area contributed by atoms with E-state index in [0.29, 0.717) is 17.5 Å². The van der Waals surface area contributed by atoms with Gasteiger partial charge in [-0.1, -0.05) is 200 Å². The van der Waals surface area contributed by atoms with Gasteiger partial charge in [0.2, 0.25) is 0 Å². The van der Waals surface area contributed by atoms with Crippen LogP contribution in [0.3, 0.4) is 0 Å². The van der Waals surface area contributed by atoms with Crippen molar-refractivity contribution in [1.82, 2.24) is 15.0 Å². The van der Waals surface area contributed by atoms with Gasteiger partial charge in [0, 0.05) is 16.7 Å². The average molecular weight is 690 g/mol. The van der Waals surface area contributed by atoms with Gasteiger partial charge in [0.05, 0.1) is 0 Å². The van der Waals surface area contributed by atoms with Gasteiger partial charge in [-0.15, -0.1) is 0 Å². The Balaban J connectivity index is 1.18. The Hall–Kier alpha value is -7.23. The van der Waals surface area contributed by atoms with E-state index >= 15 is 0 Å². The first kappa shape index (κ1) is 32.7. The van der Waals surface area contributed by atoms with E-state index in [2.05, 4.69) is 206 Å². The van der Waals surface area contributed by atoms with Crippen LogP contribution in [0.4, 0.5) is 0 Å². The van der Waals surface area contributed by atoms with Gasteiger partial charge in [0.15, 0.2) is 17.5 Å². The molecular weight excluding hydrogens is 655 g/mol. The predicted octanol–water partition coefficient (Wildman–Crippen LogP) is 13.2. The zero-order valence-electron chi connectivity index (χ0n) is 29.5. The summed E-state index contributed by atoms with van der Waals surface area (Å²) in [4.78, 5) is 15.4. The molecule has 0 aliphatic rings. The van der Waals surface area contributed by atoms with E-state index in [-0.39, 0.29) is 0 Å². The second-order valence-corrected chi connectivity index (χ2v) is 13.2. The Labute approximate surface area is 316 Å². The highest BCUT2D eigenvalue weighted by molar-refractivity contribution is 5.87. The largest absolute Gasteiger partial charge is 0.208 e. The zero-order chi connectivity index (χ0) is 36.1. The number of hydrogen-bond acceptors (Lipinski definition) is 3. The first-order valence-electron chi connectivity index (χ1n) is 18.2. The van der Waals surface area contributed by atoms with Crippen LogP contribution in [0.1, 0.15) is 0 Å². The Kier molecular flexibility index (Phi) is 8.94. The summed E-state index contributed by atoms with van der Waals surface area (Å²) < 4.78 is 0. The molecule has 0 aliphatic heterocycles.